The highest BCUT2D eigenvalue weighted by molar-refractivity contribution is 4.77. The minimum absolute atomic E-state index is 0.576. The molecule has 0 bridgehead atoms. The number of hydrogen-bond acceptors (Lipinski definition) is 4. The van der Waals surface area contributed by atoms with E-state index in [9.17, 15) is 0 Å². The first-order valence-corrected chi connectivity index (χ1v) is 7.09. The van der Waals surface area contributed by atoms with Gasteiger partial charge in [0.2, 0.25) is 0 Å². The fraction of sp³-hybridized carbons (Fsp3) is 1.00. The molecule has 100 valence electrons. The minimum atomic E-state index is 0.576. The highest BCUT2D eigenvalue weighted by Crippen LogP contribution is 2.10. The summed E-state index contributed by atoms with van der Waals surface area (Å²) < 4.78 is 5.55. The largest absolute Gasteiger partial charge is 0.378 e. The highest BCUT2D eigenvalue weighted by atomic mass is 16.5. The van der Waals surface area contributed by atoms with Crippen LogP contribution in [-0.2, 0) is 4.74 Å². The molecule has 1 unspecified atom stereocenters. The van der Waals surface area contributed by atoms with Crippen LogP contribution >= 0.6 is 0 Å². The van der Waals surface area contributed by atoms with Crippen LogP contribution in [0.4, 0.5) is 0 Å². The predicted molar refractivity (Wildman–Crippen MR) is 70.4 cm³/mol. The zero-order valence-corrected chi connectivity index (χ0v) is 11.2. The van der Waals surface area contributed by atoms with Gasteiger partial charge in [-0.15, -0.1) is 0 Å². The second-order valence-corrected chi connectivity index (χ2v) is 5.22. The van der Waals surface area contributed by atoms with E-state index >= 15 is 0 Å². The van der Waals surface area contributed by atoms with Crippen LogP contribution in [-0.4, -0.2) is 75.4 Å². The number of likely N-dealkylation sites (N-methyl/N-ethyl adjacent to an activating group) is 1. The van der Waals surface area contributed by atoms with Crippen LogP contribution in [0.15, 0.2) is 0 Å². The summed E-state index contributed by atoms with van der Waals surface area (Å²) in [7, 11) is 2.02. The number of likely N-dealkylation sites (tertiary alicyclic amines) is 1. The van der Waals surface area contributed by atoms with Crippen molar-refractivity contribution in [2.45, 2.75) is 25.3 Å². The standard InChI is InChI=1S/C13H27N3O/c1-14-11-13-12-17-10-9-16(13)8-4-7-15-5-2-3-6-15/h13-14H,2-12H2,1H3. The molecule has 0 aromatic heterocycles. The molecule has 0 aromatic rings. The van der Waals surface area contributed by atoms with Gasteiger partial charge < -0.3 is 15.0 Å². The van der Waals surface area contributed by atoms with Crippen molar-refractivity contribution in [3.63, 3.8) is 0 Å². The molecule has 0 saturated carbocycles. The van der Waals surface area contributed by atoms with Gasteiger partial charge in [-0.1, -0.05) is 0 Å². The van der Waals surface area contributed by atoms with E-state index in [2.05, 4.69) is 15.1 Å². The van der Waals surface area contributed by atoms with E-state index < -0.39 is 0 Å². The molecule has 4 heteroatoms. The number of nitrogens with one attached hydrogen (secondary N) is 1. The normalized spacial score (nSPS) is 27.7. The Morgan fingerprint density at radius 2 is 2.00 bits per heavy atom. The van der Waals surface area contributed by atoms with Gasteiger partial charge >= 0.3 is 0 Å². The molecule has 2 fully saturated rings. The van der Waals surface area contributed by atoms with E-state index in [1.165, 1.54) is 45.4 Å². The molecule has 0 spiro atoms. The molecule has 2 saturated heterocycles. The maximum atomic E-state index is 5.55. The SMILES string of the molecule is CNCC1COCCN1CCCN1CCCC1. The van der Waals surface area contributed by atoms with Crippen molar-refractivity contribution in [1.29, 1.82) is 0 Å². The summed E-state index contributed by atoms with van der Waals surface area (Å²) in [6.45, 7) is 9.10. The topological polar surface area (TPSA) is 27.7 Å². The third kappa shape index (κ3) is 4.21. The van der Waals surface area contributed by atoms with Crippen LogP contribution in [0, 0.1) is 0 Å². The van der Waals surface area contributed by atoms with Crippen LogP contribution in [0.3, 0.4) is 0 Å². The molecule has 2 rings (SSSR count). The third-order valence-electron chi connectivity index (χ3n) is 3.91. The summed E-state index contributed by atoms with van der Waals surface area (Å²) in [4.78, 5) is 5.20. The summed E-state index contributed by atoms with van der Waals surface area (Å²) in [5.74, 6) is 0. The molecule has 2 aliphatic rings. The van der Waals surface area contributed by atoms with Crippen LogP contribution in [0.1, 0.15) is 19.3 Å². The van der Waals surface area contributed by atoms with Crippen molar-refractivity contribution in [2.24, 2.45) is 0 Å². The fourth-order valence-corrected chi connectivity index (χ4v) is 2.91. The molecular formula is C13H27N3O. The van der Waals surface area contributed by atoms with Crippen molar-refractivity contribution < 1.29 is 4.74 Å². The summed E-state index contributed by atoms with van der Waals surface area (Å²) in [5, 5.41) is 3.27. The van der Waals surface area contributed by atoms with E-state index in [1.54, 1.807) is 0 Å². The molecule has 0 radical (unpaired) electrons. The van der Waals surface area contributed by atoms with E-state index in [4.69, 9.17) is 4.74 Å². The average Bonchev–Trinajstić information content (AvgIpc) is 2.85. The lowest BCUT2D eigenvalue weighted by molar-refractivity contribution is -0.00735. The first-order valence-electron chi connectivity index (χ1n) is 7.09. The van der Waals surface area contributed by atoms with Crippen LogP contribution in [0.5, 0.6) is 0 Å². The molecule has 1 N–H and O–H groups in total. The molecule has 2 heterocycles. The summed E-state index contributed by atoms with van der Waals surface area (Å²) in [6, 6.07) is 0.576. The number of hydrogen-bond donors (Lipinski definition) is 1. The summed E-state index contributed by atoms with van der Waals surface area (Å²) in [5.41, 5.74) is 0. The van der Waals surface area contributed by atoms with E-state index in [1.807, 2.05) is 7.05 Å². The van der Waals surface area contributed by atoms with Crippen molar-refractivity contribution >= 4 is 0 Å². The lowest BCUT2D eigenvalue weighted by atomic mass is 10.2. The molecule has 17 heavy (non-hydrogen) atoms. The van der Waals surface area contributed by atoms with Gasteiger partial charge in [0, 0.05) is 19.1 Å². The average molecular weight is 241 g/mol. The highest BCUT2D eigenvalue weighted by Gasteiger charge is 2.22. The van der Waals surface area contributed by atoms with Gasteiger partial charge in [0.1, 0.15) is 0 Å². The Labute approximate surface area is 105 Å². The maximum absolute atomic E-state index is 5.55. The predicted octanol–water partition coefficient (Wildman–Crippen LogP) is 0.393. The Morgan fingerprint density at radius 3 is 2.76 bits per heavy atom. The lowest BCUT2D eigenvalue weighted by Gasteiger charge is -2.35. The zero-order valence-electron chi connectivity index (χ0n) is 11.2. The Hall–Kier alpha value is -0.160. The van der Waals surface area contributed by atoms with Crippen LogP contribution < -0.4 is 5.32 Å². The Kier molecular flexibility index (Phi) is 5.71. The summed E-state index contributed by atoms with van der Waals surface area (Å²) in [6.07, 6.45) is 4.11. The Bertz CT molecular complexity index is 205. The molecule has 0 aliphatic carbocycles. The van der Waals surface area contributed by atoms with E-state index in [0.717, 1.165) is 26.3 Å². The van der Waals surface area contributed by atoms with Gasteiger partial charge in [0.05, 0.1) is 13.2 Å². The van der Waals surface area contributed by atoms with Crippen molar-refractivity contribution in [1.82, 2.24) is 15.1 Å². The van der Waals surface area contributed by atoms with Gasteiger partial charge in [-0.05, 0) is 52.5 Å². The monoisotopic (exact) mass is 241 g/mol. The molecule has 0 amide bonds. The summed E-state index contributed by atoms with van der Waals surface area (Å²) >= 11 is 0. The number of rotatable bonds is 6. The number of nitrogens with zero attached hydrogens (tertiary/aromatic N) is 2. The van der Waals surface area contributed by atoms with Gasteiger partial charge in [-0.3, -0.25) is 4.90 Å². The second-order valence-electron chi connectivity index (χ2n) is 5.22. The van der Waals surface area contributed by atoms with E-state index in [-0.39, 0.29) is 0 Å². The zero-order chi connectivity index (χ0) is 11.9. The first kappa shape index (κ1) is 13.3. The molecule has 0 aromatic carbocycles. The molecule has 2 aliphatic heterocycles. The maximum Gasteiger partial charge on any atom is 0.0634 e. The van der Waals surface area contributed by atoms with E-state index in [0.29, 0.717) is 6.04 Å². The number of ether oxygens (including phenoxy) is 1. The van der Waals surface area contributed by atoms with Gasteiger partial charge in [-0.2, -0.15) is 0 Å². The van der Waals surface area contributed by atoms with Gasteiger partial charge in [-0.25, -0.2) is 0 Å². The third-order valence-corrected chi connectivity index (χ3v) is 3.91. The quantitative estimate of drug-likeness (QED) is 0.728. The van der Waals surface area contributed by atoms with Gasteiger partial charge in [0.15, 0.2) is 0 Å². The fourth-order valence-electron chi connectivity index (χ4n) is 2.91. The number of morpholine rings is 1. The van der Waals surface area contributed by atoms with Crippen molar-refractivity contribution in [3.8, 4) is 0 Å². The van der Waals surface area contributed by atoms with Crippen LogP contribution in [0.25, 0.3) is 0 Å². The molecular weight excluding hydrogens is 214 g/mol. The van der Waals surface area contributed by atoms with Crippen molar-refractivity contribution in [2.75, 3.05) is 59.5 Å². The van der Waals surface area contributed by atoms with Crippen LogP contribution in [0.2, 0.25) is 0 Å². The molecule has 4 nitrogen and oxygen atoms in total. The Balaban J connectivity index is 1.64. The first-order chi connectivity index (χ1) is 8.40. The smallest absolute Gasteiger partial charge is 0.0634 e. The second kappa shape index (κ2) is 7.31. The van der Waals surface area contributed by atoms with Crippen molar-refractivity contribution in [3.05, 3.63) is 0 Å². The van der Waals surface area contributed by atoms with Gasteiger partial charge in [0.25, 0.3) is 0 Å². The minimum Gasteiger partial charge on any atom is -0.378 e. The Morgan fingerprint density at radius 1 is 1.18 bits per heavy atom. The lowest BCUT2D eigenvalue weighted by Crippen LogP contribution is -2.50. The molecule has 1 atom stereocenters.